The number of fused-ring (bicyclic) bond motifs is 2. The molecule has 0 saturated heterocycles. The molecule has 5 rings (SSSR count). The van der Waals surface area contributed by atoms with Crippen molar-refractivity contribution in [3.05, 3.63) is 118 Å². The zero-order valence-corrected chi connectivity index (χ0v) is 17.7. The highest BCUT2D eigenvalue weighted by Crippen LogP contribution is 2.22. The van der Waals surface area contributed by atoms with Crippen LogP contribution in [0.3, 0.4) is 0 Å². The highest BCUT2D eigenvalue weighted by atomic mass is 16.5. The van der Waals surface area contributed by atoms with Crippen LogP contribution in [0.5, 0.6) is 0 Å². The molecule has 0 atom stereocenters. The molecule has 4 aromatic carbocycles. The van der Waals surface area contributed by atoms with Gasteiger partial charge in [-0.2, -0.15) is 0 Å². The number of hydrogen-bond acceptors (Lipinski definition) is 3. The lowest BCUT2D eigenvalue weighted by Crippen LogP contribution is -2.25. The number of nitrogens with zero attached hydrogens (tertiary/aromatic N) is 2. The van der Waals surface area contributed by atoms with Crippen molar-refractivity contribution in [3.63, 3.8) is 0 Å². The summed E-state index contributed by atoms with van der Waals surface area (Å²) in [5, 5.41) is 2.30. The van der Waals surface area contributed by atoms with Gasteiger partial charge in [-0.25, -0.2) is 9.59 Å². The molecule has 0 amide bonds. The van der Waals surface area contributed by atoms with Gasteiger partial charge in [0.1, 0.15) is 0 Å². The smallest absolute Gasteiger partial charge is 0.337 e. The number of hydrogen-bond donors (Lipinski definition) is 0. The molecule has 0 bridgehead atoms. The first kappa shape index (κ1) is 19.8. The summed E-state index contributed by atoms with van der Waals surface area (Å²) in [6, 6.07) is 29.4. The summed E-state index contributed by atoms with van der Waals surface area (Å²) in [6.07, 6.45) is 0. The molecule has 32 heavy (non-hydrogen) atoms. The van der Waals surface area contributed by atoms with Crippen LogP contribution in [0.15, 0.2) is 95.8 Å². The molecule has 5 heteroatoms. The molecule has 0 radical (unpaired) electrons. The predicted octanol–water partition coefficient (Wildman–Crippen LogP) is 4.84. The summed E-state index contributed by atoms with van der Waals surface area (Å²) in [5.41, 5.74) is 4.10. The standard InChI is InChI=1S/C27H22N2O3/c1-32-26(30)21-11-6-8-19(16-21)17-28-24-14-4-5-15-25(24)29(27(28)31)18-22-12-7-10-20-9-2-3-13-23(20)22/h2-16H,17-18H2,1H3. The van der Waals surface area contributed by atoms with E-state index >= 15 is 0 Å². The molecule has 1 heterocycles. The lowest BCUT2D eigenvalue weighted by molar-refractivity contribution is 0.0600. The number of esters is 1. The molecule has 0 fully saturated rings. The maximum absolute atomic E-state index is 13.5. The zero-order chi connectivity index (χ0) is 22.1. The van der Waals surface area contributed by atoms with Gasteiger partial charge in [-0.3, -0.25) is 9.13 Å². The molecule has 158 valence electrons. The van der Waals surface area contributed by atoms with Crippen molar-refractivity contribution >= 4 is 27.8 Å². The number of ether oxygens (including phenoxy) is 1. The molecular weight excluding hydrogens is 400 g/mol. The maximum Gasteiger partial charge on any atom is 0.337 e. The van der Waals surface area contributed by atoms with E-state index in [0.29, 0.717) is 18.7 Å². The van der Waals surface area contributed by atoms with E-state index < -0.39 is 5.97 Å². The number of aromatic nitrogens is 2. The largest absolute Gasteiger partial charge is 0.465 e. The molecule has 0 aliphatic carbocycles. The van der Waals surface area contributed by atoms with E-state index in [9.17, 15) is 9.59 Å². The first-order valence-corrected chi connectivity index (χ1v) is 10.5. The van der Waals surface area contributed by atoms with Crippen LogP contribution >= 0.6 is 0 Å². The first-order valence-electron chi connectivity index (χ1n) is 10.5. The van der Waals surface area contributed by atoms with E-state index in [1.54, 1.807) is 16.7 Å². The second-order valence-electron chi connectivity index (χ2n) is 7.77. The number of para-hydroxylation sites is 2. The Labute approximate surface area is 185 Å². The Morgan fingerprint density at radius 1 is 0.781 bits per heavy atom. The van der Waals surface area contributed by atoms with Crippen molar-refractivity contribution in [1.29, 1.82) is 0 Å². The third-order valence-corrected chi connectivity index (χ3v) is 5.82. The molecule has 5 nitrogen and oxygen atoms in total. The average molecular weight is 422 g/mol. The highest BCUT2D eigenvalue weighted by molar-refractivity contribution is 5.89. The minimum atomic E-state index is -0.391. The predicted molar refractivity (Wildman–Crippen MR) is 126 cm³/mol. The molecule has 0 aliphatic rings. The monoisotopic (exact) mass is 422 g/mol. The minimum Gasteiger partial charge on any atom is -0.465 e. The van der Waals surface area contributed by atoms with Crippen LogP contribution in [0.2, 0.25) is 0 Å². The summed E-state index contributed by atoms with van der Waals surface area (Å²) in [6.45, 7) is 0.850. The number of benzene rings is 4. The van der Waals surface area contributed by atoms with Crippen molar-refractivity contribution in [3.8, 4) is 0 Å². The third-order valence-electron chi connectivity index (χ3n) is 5.82. The second-order valence-corrected chi connectivity index (χ2v) is 7.77. The number of rotatable bonds is 5. The van der Waals surface area contributed by atoms with Gasteiger partial charge in [0.2, 0.25) is 0 Å². The Balaban J connectivity index is 1.60. The molecular formula is C27H22N2O3. The third kappa shape index (κ3) is 3.48. The van der Waals surface area contributed by atoms with Gasteiger partial charge >= 0.3 is 11.7 Å². The van der Waals surface area contributed by atoms with E-state index in [0.717, 1.165) is 32.9 Å². The van der Waals surface area contributed by atoms with E-state index in [-0.39, 0.29) is 5.69 Å². The Morgan fingerprint density at radius 3 is 2.22 bits per heavy atom. The van der Waals surface area contributed by atoms with Crippen molar-refractivity contribution in [2.45, 2.75) is 13.1 Å². The van der Waals surface area contributed by atoms with Gasteiger partial charge in [-0.15, -0.1) is 0 Å². The van der Waals surface area contributed by atoms with Gasteiger partial charge in [0.05, 0.1) is 36.8 Å². The Bertz CT molecular complexity index is 1510. The van der Waals surface area contributed by atoms with Gasteiger partial charge in [-0.05, 0) is 46.2 Å². The summed E-state index contributed by atoms with van der Waals surface area (Å²) >= 11 is 0. The van der Waals surface area contributed by atoms with Crippen molar-refractivity contribution in [2.75, 3.05) is 7.11 Å². The van der Waals surface area contributed by atoms with E-state index in [1.807, 2.05) is 59.2 Å². The lowest BCUT2D eigenvalue weighted by Gasteiger charge is -2.08. The molecule has 0 spiro atoms. The normalized spacial score (nSPS) is 11.2. The first-order chi connectivity index (χ1) is 15.7. The minimum absolute atomic E-state index is 0.0809. The quantitative estimate of drug-likeness (QED) is 0.381. The fraction of sp³-hybridized carbons (Fsp3) is 0.111. The number of carbonyl (C=O) groups excluding carboxylic acids is 1. The summed E-state index contributed by atoms with van der Waals surface area (Å²) < 4.78 is 8.41. The summed E-state index contributed by atoms with van der Waals surface area (Å²) in [7, 11) is 1.36. The fourth-order valence-corrected chi connectivity index (χ4v) is 4.28. The molecule has 0 unspecified atom stereocenters. The Kier molecular flexibility index (Phi) is 5.07. The molecule has 1 aromatic heterocycles. The van der Waals surface area contributed by atoms with Crippen molar-refractivity contribution in [2.24, 2.45) is 0 Å². The topological polar surface area (TPSA) is 53.2 Å². The number of methoxy groups -OCH3 is 1. The van der Waals surface area contributed by atoms with Gasteiger partial charge < -0.3 is 4.74 Å². The SMILES string of the molecule is COC(=O)c1cccc(Cn2c(=O)n(Cc3cccc4ccccc34)c3ccccc32)c1. The van der Waals surface area contributed by atoms with Gasteiger partial charge in [0.25, 0.3) is 0 Å². The van der Waals surface area contributed by atoms with Crippen LogP contribution in [0.4, 0.5) is 0 Å². The summed E-state index contributed by atoms with van der Waals surface area (Å²) in [4.78, 5) is 25.5. The second kappa shape index (κ2) is 8.19. The Hall–Kier alpha value is -4.12. The molecule has 5 aromatic rings. The van der Waals surface area contributed by atoms with Crippen LogP contribution < -0.4 is 5.69 Å². The van der Waals surface area contributed by atoms with Crippen LogP contribution in [0.25, 0.3) is 21.8 Å². The van der Waals surface area contributed by atoms with Crippen LogP contribution in [0, 0.1) is 0 Å². The van der Waals surface area contributed by atoms with Gasteiger partial charge in [0.15, 0.2) is 0 Å². The van der Waals surface area contributed by atoms with E-state index in [4.69, 9.17) is 4.74 Å². The van der Waals surface area contributed by atoms with Crippen LogP contribution in [0.1, 0.15) is 21.5 Å². The van der Waals surface area contributed by atoms with Gasteiger partial charge in [-0.1, -0.05) is 66.7 Å². The molecule has 0 N–H and O–H groups in total. The Morgan fingerprint density at radius 2 is 1.44 bits per heavy atom. The fourth-order valence-electron chi connectivity index (χ4n) is 4.28. The zero-order valence-electron chi connectivity index (χ0n) is 17.7. The number of carbonyl (C=O) groups is 1. The average Bonchev–Trinajstić information content (AvgIpc) is 3.10. The van der Waals surface area contributed by atoms with E-state index in [1.165, 1.54) is 7.11 Å². The van der Waals surface area contributed by atoms with Crippen molar-refractivity contribution < 1.29 is 9.53 Å². The van der Waals surface area contributed by atoms with Gasteiger partial charge in [0, 0.05) is 0 Å². The van der Waals surface area contributed by atoms with Crippen LogP contribution in [-0.4, -0.2) is 22.2 Å². The lowest BCUT2D eigenvalue weighted by atomic mass is 10.0. The molecule has 0 saturated carbocycles. The summed E-state index contributed by atoms with van der Waals surface area (Å²) in [5.74, 6) is -0.391. The van der Waals surface area contributed by atoms with Crippen LogP contribution in [-0.2, 0) is 17.8 Å². The highest BCUT2D eigenvalue weighted by Gasteiger charge is 2.15. The maximum atomic E-state index is 13.5. The molecule has 0 aliphatic heterocycles. The van der Waals surface area contributed by atoms with Crippen molar-refractivity contribution in [1.82, 2.24) is 9.13 Å². The van der Waals surface area contributed by atoms with E-state index in [2.05, 4.69) is 24.3 Å². The number of imidazole rings is 1.